The summed E-state index contributed by atoms with van der Waals surface area (Å²) in [6.07, 6.45) is 9.38. The van der Waals surface area contributed by atoms with Crippen LogP contribution in [0.25, 0.3) is 0 Å². The third-order valence-electron chi connectivity index (χ3n) is 7.64. The van der Waals surface area contributed by atoms with E-state index in [1.165, 1.54) is 16.9 Å². The van der Waals surface area contributed by atoms with Crippen molar-refractivity contribution in [1.29, 1.82) is 0 Å². The molecule has 1 aliphatic carbocycles. The van der Waals surface area contributed by atoms with Gasteiger partial charge in [-0.1, -0.05) is 37.5 Å². The van der Waals surface area contributed by atoms with Crippen molar-refractivity contribution < 1.29 is 24.2 Å². The van der Waals surface area contributed by atoms with Crippen LogP contribution >= 0.6 is 0 Å². The number of rotatable bonds is 14. The Bertz CT molecular complexity index is 889. The molecule has 0 aromatic heterocycles. The average molecular weight is 517 g/mol. The first-order valence-electron chi connectivity index (χ1n) is 13.8. The molecular weight excluding hydrogens is 472 g/mol. The number of nitrogens with one attached hydrogen (secondary N) is 3. The number of benzene rings is 1. The molecule has 1 saturated carbocycles. The number of carbonyl (C=O) groups excluding carboxylic acids is 3. The second-order valence-corrected chi connectivity index (χ2v) is 10.2. The van der Waals surface area contributed by atoms with Gasteiger partial charge in [-0.3, -0.25) is 14.4 Å². The van der Waals surface area contributed by atoms with E-state index in [0.717, 1.165) is 69.1 Å². The van der Waals surface area contributed by atoms with E-state index >= 15 is 0 Å². The molecule has 9 heteroatoms. The van der Waals surface area contributed by atoms with Crippen LogP contribution in [0.1, 0.15) is 63.0 Å². The fraction of sp³-hybridized carbons (Fsp3) is 0.679. The van der Waals surface area contributed by atoms with Gasteiger partial charge in [-0.2, -0.15) is 0 Å². The maximum Gasteiger partial charge on any atom is 0.245 e. The van der Waals surface area contributed by atoms with Crippen LogP contribution < -0.4 is 20.7 Å². The van der Waals surface area contributed by atoms with E-state index in [1.807, 2.05) is 6.92 Å². The topological polar surface area (TPSA) is 120 Å². The number of hydrogen-bond donors (Lipinski definition) is 4. The highest BCUT2D eigenvalue weighted by molar-refractivity contribution is 5.90. The molecule has 0 saturated heterocycles. The van der Waals surface area contributed by atoms with Crippen LogP contribution in [0.5, 0.6) is 5.75 Å². The van der Waals surface area contributed by atoms with Crippen molar-refractivity contribution >= 4 is 18.2 Å². The summed E-state index contributed by atoms with van der Waals surface area (Å²) in [4.78, 5) is 38.0. The largest absolute Gasteiger partial charge is 0.489 e. The van der Waals surface area contributed by atoms with Crippen molar-refractivity contribution in [3.05, 3.63) is 29.3 Å². The Balaban J connectivity index is 1.68. The number of likely N-dealkylation sites (N-methyl/N-ethyl adjacent to an activating group) is 2. The third-order valence-corrected chi connectivity index (χ3v) is 7.64. The molecule has 1 aliphatic heterocycles. The molecule has 1 aromatic rings. The van der Waals surface area contributed by atoms with E-state index in [4.69, 9.17) is 4.74 Å². The standard InChI is InChI=1S/C28H44N4O5/c1-3-30-27(35)24(18-33)32(2)28(36)25(20-9-5-4-6-10-20)31-17-23-15-14-22-12-7-11-21(26(22)37-23)13-8-16-29-19-34/h7,11-12,19-20,23-25,31,33H,3-6,8-10,13-18H2,1-2H3,(H,29,34)(H,30,35). The molecule has 3 unspecified atom stereocenters. The van der Waals surface area contributed by atoms with Gasteiger partial charge in [0, 0.05) is 26.7 Å². The summed E-state index contributed by atoms with van der Waals surface area (Å²) < 4.78 is 6.46. The summed E-state index contributed by atoms with van der Waals surface area (Å²) in [5.41, 5.74) is 2.34. The zero-order chi connectivity index (χ0) is 26.6. The Morgan fingerprint density at radius 3 is 2.70 bits per heavy atom. The monoisotopic (exact) mass is 516 g/mol. The number of hydrogen-bond acceptors (Lipinski definition) is 6. The van der Waals surface area contributed by atoms with Gasteiger partial charge in [0.2, 0.25) is 18.2 Å². The lowest BCUT2D eigenvalue weighted by Gasteiger charge is -2.36. The van der Waals surface area contributed by atoms with Crippen LogP contribution in [0.4, 0.5) is 0 Å². The quantitative estimate of drug-likeness (QED) is 0.220. The second kappa shape index (κ2) is 14.9. The molecule has 37 heavy (non-hydrogen) atoms. The van der Waals surface area contributed by atoms with Gasteiger partial charge in [-0.25, -0.2) is 0 Å². The minimum Gasteiger partial charge on any atom is -0.489 e. The van der Waals surface area contributed by atoms with Crippen LogP contribution in [-0.2, 0) is 27.2 Å². The lowest BCUT2D eigenvalue weighted by molar-refractivity contribution is -0.143. The third kappa shape index (κ3) is 7.92. The molecule has 1 heterocycles. The van der Waals surface area contributed by atoms with E-state index in [-0.39, 0.29) is 23.8 Å². The molecule has 3 amide bonds. The maximum absolute atomic E-state index is 13.6. The summed E-state index contributed by atoms with van der Waals surface area (Å²) in [5.74, 6) is 0.623. The van der Waals surface area contributed by atoms with Gasteiger partial charge in [0.15, 0.2) is 0 Å². The molecule has 3 atom stereocenters. The molecule has 0 radical (unpaired) electrons. The Hall–Kier alpha value is -2.65. The first kappa shape index (κ1) is 28.9. The van der Waals surface area contributed by atoms with Crippen molar-refractivity contribution in [2.75, 3.05) is 33.3 Å². The highest BCUT2D eigenvalue weighted by Crippen LogP contribution is 2.33. The zero-order valence-electron chi connectivity index (χ0n) is 22.3. The van der Waals surface area contributed by atoms with Crippen LogP contribution in [-0.4, -0.2) is 79.7 Å². The second-order valence-electron chi connectivity index (χ2n) is 10.2. The van der Waals surface area contributed by atoms with Crippen molar-refractivity contribution in [3.63, 3.8) is 0 Å². The average Bonchev–Trinajstić information content (AvgIpc) is 2.92. The van der Waals surface area contributed by atoms with Crippen molar-refractivity contribution in [2.45, 2.75) is 82.9 Å². The molecule has 2 aliphatic rings. The summed E-state index contributed by atoms with van der Waals surface area (Å²) >= 11 is 0. The molecule has 3 rings (SSSR count). The van der Waals surface area contributed by atoms with E-state index in [0.29, 0.717) is 19.6 Å². The zero-order valence-corrected chi connectivity index (χ0v) is 22.3. The molecule has 0 bridgehead atoms. The molecule has 1 aromatic carbocycles. The molecule has 4 N–H and O–H groups in total. The lowest BCUT2D eigenvalue weighted by Crippen LogP contribution is -2.57. The normalized spacial score (nSPS) is 19.2. The lowest BCUT2D eigenvalue weighted by atomic mass is 9.83. The van der Waals surface area contributed by atoms with Crippen molar-refractivity contribution in [3.8, 4) is 5.75 Å². The van der Waals surface area contributed by atoms with Crippen LogP contribution in [0.3, 0.4) is 0 Å². The predicted octanol–water partition coefficient (Wildman–Crippen LogP) is 1.55. The fourth-order valence-corrected chi connectivity index (χ4v) is 5.54. The van der Waals surface area contributed by atoms with E-state index < -0.39 is 18.7 Å². The Kier molecular flexibility index (Phi) is 11.7. The minimum absolute atomic E-state index is 0.0667. The van der Waals surface area contributed by atoms with Gasteiger partial charge < -0.3 is 30.7 Å². The van der Waals surface area contributed by atoms with Crippen LogP contribution in [0, 0.1) is 5.92 Å². The smallest absolute Gasteiger partial charge is 0.245 e. The summed E-state index contributed by atoms with van der Waals surface area (Å²) in [7, 11) is 1.61. The number of aryl methyl sites for hydroxylation is 2. The van der Waals surface area contributed by atoms with Crippen molar-refractivity contribution in [1.82, 2.24) is 20.9 Å². The number of aliphatic hydroxyl groups excluding tert-OH is 1. The maximum atomic E-state index is 13.6. The van der Waals surface area contributed by atoms with E-state index in [1.54, 1.807) is 7.05 Å². The van der Waals surface area contributed by atoms with E-state index in [9.17, 15) is 19.5 Å². The first-order chi connectivity index (χ1) is 18.0. The van der Waals surface area contributed by atoms with E-state index in [2.05, 4.69) is 34.1 Å². The molecule has 9 nitrogen and oxygen atoms in total. The summed E-state index contributed by atoms with van der Waals surface area (Å²) in [5, 5.41) is 18.8. The SMILES string of the molecule is CCNC(=O)C(CO)N(C)C(=O)C(NCC1CCc2cccc(CCCNC=O)c2O1)C1CCCCC1. The van der Waals surface area contributed by atoms with Gasteiger partial charge in [0.05, 0.1) is 12.6 Å². The molecule has 1 fully saturated rings. The van der Waals surface area contributed by atoms with Crippen molar-refractivity contribution in [2.24, 2.45) is 5.92 Å². The number of aliphatic hydroxyl groups is 1. The number of amides is 3. The Labute approximate surface area is 220 Å². The van der Waals surface area contributed by atoms with Gasteiger partial charge in [0.1, 0.15) is 17.9 Å². The number of fused-ring (bicyclic) bond motifs is 1. The van der Waals surface area contributed by atoms with Crippen LogP contribution in [0.2, 0.25) is 0 Å². The summed E-state index contributed by atoms with van der Waals surface area (Å²) in [6, 6.07) is 4.90. The van der Waals surface area contributed by atoms with Gasteiger partial charge in [-0.05, 0) is 62.5 Å². The predicted molar refractivity (Wildman–Crippen MR) is 142 cm³/mol. The van der Waals surface area contributed by atoms with Gasteiger partial charge in [0.25, 0.3) is 0 Å². The highest BCUT2D eigenvalue weighted by atomic mass is 16.5. The number of nitrogens with zero attached hydrogens (tertiary/aromatic N) is 1. The number of carbonyl (C=O) groups is 3. The first-order valence-corrected chi connectivity index (χ1v) is 13.8. The van der Waals surface area contributed by atoms with Crippen LogP contribution in [0.15, 0.2) is 18.2 Å². The summed E-state index contributed by atoms with van der Waals surface area (Å²) in [6.45, 7) is 3.00. The highest BCUT2D eigenvalue weighted by Gasteiger charge is 2.36. The molecule has 206 valence electrons. The number of ether oxygens (including phenoxy) is 1. The molecular formula is C28H44N4O5. The minimum atomic E-state index is -0.908. The number of para-hydroxylation sites is 1. The Morgan fingerprint density at radius 2 is 2.00 bits per heavy atom. The fourth-order valence-electron chi connectivity index (χ4n) is 5.54. The van der Waals surface area contributed by atoms with Gasteiger partial charge in [-0.15, -0.1) is 0 Å². The Morgan fingerprint density at radius 1 is 1.22 bits per heavy atom. The molecule has 0 spiro atoms. The van der Waals surface area contributed by atoms with Gasteiger partial charge >= 0.3 is 0 Å².